The fraction of sp³-hybridized carbons (Fsp3) is 0.520. The lowest BCUT2D eigenvalue weighted by Gasteiger charge is -2.27. The fourth-order valence-corrected chi connectivity index (χ4v) is 5.71. The van der Waals surface area contributed by atoms with E-state index in [1.807, 2.05) is 6.92 Å². The highest BCUT2D eigenvalue weighted by molar-refractivity contribution is 7.46. The van der Waals surface area contributed by atoms with Crippen LogP contribution >= 0.6 is 7.82 Å². The van der Waals surface area contributed by atoms with Gasteiger partial charge in [0.25, 0.3) is 0 Å². The number of aryl methyl sites for hydroxylation is 1. The summed E-state index contributed by atoms with van der Waals surface area (Å²) in [6, 6.07) is 15.3. The number of fused-ring (bicyclic) bond motifs is 1. The largest absolute Gasteiger partial charge is 0.494 e. The third-order valence-corrected chi connectivity index (χ3v) is 7.42. The van der Waals surface area contributed by atoms with Crippen LogP contribution in [-0.4, -0.2) is 28.5 Å². The molecule has 0 radical (unpaired) electrons. The lowest BCUT2D eigenvalue weighted by Crippen LogP contribution is -2.41. The highest BCUT2D eigenvalue weighted by Crippen LogP contribution is 2.44. The zero-order chi connectivity index (χ0) is 22.8. The molecule has 32 heavy (non-hydrogen) atoms. The molecule has 2 aliphatic rings. The Morgan fingerprint density at radius 1 is 1.12 bits per heavy atom. The SMILES string of the molecule is CCOc1ccc(C[C@H]2CCc3cc([C@H]4CC[C@](N)(COP(=O)(O)O)C4)ccc3C2)cc1. The quantitative estimate of drug-likeness (QED) is 0.502. The molecule has 0 saturated heterocycles. The van der Waals surface area contributed by atoms with Crippen molar-refractivity contribution in [1.29, 1.82) is 0 Å². The Morgan fingerprint density at radius 2 is 1.91 bits per heavy atom. The van der Waals surface area contributed by atoms with E-state index in [1.54, 1.807) is 0 Å². The molecule has 4 rings (SSSR count). The Bertz CT molecular complexity index is 973. The molecule has 6 nitrogen and oxygen atoms in total. The van der Waals surface area contributed by atoms with Crippen LogP contribution in [0, 0.1) is 5.92 Å². The van der Waals surface area contributed by atoms with Gasteiger partial charge in [-0.15, -0.1) is 0 Å². The van der Waals surface area contributed by atoms with Gasteiger partial charge in [-0.3, -0.25) is 4.52 Å². The minimum absolute atomic E-state index is 0.105. The molecule has 2 aromatic carbocycles. The van der Waals surface area contributed by atoms with Crippen molar-refractivity contribution < 1.29 is 23.6 Å². The molecular weight excluding hydrogens is 425 g/mol. The van der Waals surface area contributed by atoms with E-state index in [-0.39, 0.29) is 6.61 Å². The summed E-state index contributed by atoms with van der Waals surface area (Å²) in [6.07, 6.45) is 6.78. The number of ether oxygens (including phenoxy) is 1. The zero-order valence-electron chi connectivity index (χ0n) is 18.7. The molecule has 2 aromatic rings. The Balaban J connectivity index is 1.35. The number of phosphoric acid groups is 1. The molecule has 174 valence electrons. The summed E-state index contributed by atoms with van der Waals surface area (Å²) < 4.78 is 21.3. The van der Waals surface area contributed by atoms with Crippen molar-refractivity contribution in [3.8, 4) is 5.75 Å². The first kappa shape index (κ1) is 23.5. The molecule has 2 aliphatic carbocycles. The molecule has 7 heteroatoms. The predicted octanol–water partition coefficient (Wildman–Crippen LogP) is 4.51. The zero-order valence-corrected chi connectivity index (χ0v) is 19.6. The van der Waals surface area contributed by atoms with Crippen molar-refractivity contribution in [1.82, 2.24) is 0 Å². The second kappa shape index (κ2) is 9.66. The van der Waals surface area contributed by atoms with Crippen LogP contribution in [0.3, 0.4) is 0 Å². The van der Waals surface area contributed by atoms with Gasteiger partial charge in [0, 0.05) is 5.54 Å². The summed E-state index contributed by atoms with van der Waals surface area (Å²) >= 11 is 0. The topological polar surface area (TPSA) is 102 Å². The molecule has 0 spiro atoms. The molecule has 0 amide bonds. The number of hydrogen-bond donors (Lipinski definition) is 3. The molecule has 0 unspecified atom stereocenters. The van der Waals surface area contributed by atoms with Crippen LogP contribution in [0.1, 0.15) is 60.8 Å². The van der Waals surface area contributed by atoms with Gasteiger partial charge in [0.05, 0.1) is 13.2 Å². The molecule has 1 fully saturated rings. The first-order valence-corrected chi connectivity index (χ1v) is 13.1. The van der Waals surface area contributed by atoms with Gasteiger partial charge in [-0.25, -0.2) is 4.57 Å². The van der Waals surface area contributed by atoms with Gasteiger partial charge in [-0.2, -0.15) is 0 Å². The lowest BCUT2D eigenvalue weighted by atomic mass is 9.79. The molecular formula is C25H34NO5P. The Morgan fingerprint density at radius 3 is 2.62 bits per heavy atom. The lowest BCUT2D eigenvalue weighted by molar-refractivity contribution is 0.153. The van der Waals surface area contributed by atoms with Crippen molar-refractivity contribution in [3.63, 3.8) is 0 Å². The van der Waals surface area contributed by atoms with Gasteiger partial charge in [-0.1, -0.05) is 30.3 Å². The normalized spacial score (nSPS) is 25.5. The highest BCUT2D eigenvalue weighted by atomic mass is 31.2. The molecule has 4 N–H and O–H groups in total. The van der Waals surface area contributed by atoms with Gasteiger partial charge in [0.1, 0.15) is 5.75 Å². The van der Waals surface area contributed by atoms with Crippen molar-refractivity contribution in [2.75, 3.05) is 13.2 Å². The molecule has 0 aliphatic heterocycles. The molecule has 0 heterocycles. The Labute approximate surface area is 190 Å². The first-order valence-electron chi connectivity index (χ1n) is 11.6. The third-order valence-electron chi connectivity index (χ3n) is 6.95. The van der Waals surface area contributed by atoms with E-state index in [0.717, 1.165) is 31.4 Å². The smallest absolute Gasteiger partial charge is 0.469 e. The number of rotatable bonds is 8. The predicted molar refractivity (Wildman–Crippen MR) is 125 cm³/mol. The average Bonchev–Trinajstić information content (AvgIpc) is 3.16. The van der Waals surface area contributed by atoms with E-state index in [4.69, 9.17) is 24.8 Å². The average molecular weight is 460 g/mol. The second-order valence-electron chi connectivity index (χ2n) is 9.48. The maximum absolute atomic E-state index is 11.0. The van der Waals surface area contributed by atoms with Gasteiger partial charge in [0.2, 0.25) is 0 Å². The van der Waals surface area contributed by atoms with Gasteiger partial charge in [0.15, 0.2) is 0 Å². The van der Waals surface area contributed by atoms with Crippen LogP contribution in [0.25, 0.3) is 0 Å². The van der Waals surface area contributed by atoms with E-state index in [1.165, 1.54) is 28.7 Å². The summed E-state index contributed by atoms with van der Waals surface area (Å²) in [5.41, 5.74) is 11.2. The fourth-order valence-electron chi connectivity index (χ4n) is 5.29. The molecule has 0 aromatic heterocycles. The number of hydrogen-bond acceptors (Lipinski definition) is 4. The molecule has 0 bridgehead atoms. The Kier molecular flexibility index (Phi) is 7.09. The first-order chi connectivity index (χ1) is 15.2. The van der Waals surface area contributed by atoms with Crippen LogP contribution in [-0.2, 0) is 28.4 Å². The van der Waals surface area contributed by atoms with E-state index in [2.05, 4.69) is 42.5 Å². The van der Waals surface area contributed by atoms with Gasteiger partial charge >= 0.3 is 7.82 Å². The van der Waals surface area contributed by atoms with E-state index >= 15 is 0 Å². The minimum atomic E-state index is -4.49. The Hall–Kier alpha value is -1.69. The van der Waals surface area contributed by atoms with Crippen LogP contribution in [0.2, 0.25) is 0 Å². The van der Waals surface area contributed by atoms with Crippen molar-refractivity contribution in [3.05, 3.63) is 64.7 Å². The number of phosphoric ester groups is 1. The molecule has 1 saturated carbocycles. The third kappa shape index (κ3) is 6.00. The van der Waals surface area contributed by atoms with Gasteiger partial charge < -0.3 is 20.3 Å². The second-order valence-corrected chi connectivity index (χ2v) is 10.7. The van der Waals surface area contributed by atoms with Gasteiger partial charge in [-0.05, 0) is 98.1 Å². The summed E-state index contributed by atoms with van der Waals surface area (Å²) in [7, 11) is -4.49. The van der Waals surface area contributed by atoms with Crippen molar-refractivity contribution >= 4 is 7.82 Å². The summed E-state index contributed by atoms with van der Waals surface area (Å²) in [5.74, 6) is 1.89. The summed E-state index contributed by atoms with van der Waals surface area (Å²) in [6.45, 7) is 2.58. The van der Waals surface area contributed by atoms with E-state index in [9.17, 15) is 4.57 Å². The van der Waals surface area contributed by atoms with Crippen LogP contribution in [0.4, 0.5) is 0 Å². The summed E-state index contributed by atoms with van der Waals surface area (Å²) in [4.78, 5) is 18.0. The summed E-state index contributed by atoms with van der Waals surface area (Å²) in [5, 5.41) is 0. The number of nitrogens with two attached hydrogens (primary N) is 1. The van der Waals surface area contributed by atoms with E-state index in [0.29, 0.717) is 31.3 Å². The highest BCUT2D eigenvalue weighted by Gasteiger charge is 2.38. The molecule has 3 atom stereocenters. The standard InChI is InChI=1S/C25H34NO5P/c1-2-30-24-9-4-18(5-10-24)13-19-3-6-21-15-22(8-7-20(21)14-19)23-11-12-25(26,16-23)17-31-32(27,28)29/h4-5,7-10,15,19,23H,2-3,6,11-14,16-17,26H2,1H3,(H2,27,28,29)/t19-,23+,25-/m1/s1. The van der Waals surface area contributed by atoms with Crippen LogP contribution in [0.15, 0.2) is 42.5 Å². The number of benzene rings is 2. The van der Waals surface area contributed by atoms with Crippen LogP contribution in [0.5, 0.6) is 5.75 Å². The minimum Gasteiger partial charge on any atom is -0.494 e. The van der Waals surface area contributed by atoms with Crippen molar-refractivity contribution in [2.45, 2.75) is 63.3 Å². The monoisotopic (exact) mass is 459 g/mol. The van der Waals surface area contributed by atoms with Crippen LogP contribution < -0.4 is 10.5 Å². The van der Waals surface area contributed by atoms with Crippen molar-refractivity contribution in [2.24, 2.45) is 11.7 Å². The maximum atomic E-state index is 11.0. The van der Waals surface area contributed by atoms with E-state index < -0.39 is 13.4 Å². The maximum Gasteiger partial charge on any atom is 0.469 e.